The van der Waals surface area contributed by atoms with E-state index in [1.807, 2.05) is 38.1 Å². The number of nitrogens with one attached hydrogen (secondary N) is 2. The van der Waals surface area contributed by atoms with E-state index in [0.717, 1.165) is 16.8 Å². The van der Waals surface area contributed by atoms with Gasteiger partial charge in [-0.3, -0.25) is 4.79 Å². The van der Waals surface area contributed by atoms with Crippen molar-refractivity contribution in [3.8, 4) is 11.6 Å². The molecule has 6 N–H and O–H groups in total. The lowest BCUT2D eigenvalue weighted by atomic mass is 10.1. The molecule has 28 heavy (non-hydrogen) atoms. The van der Waals surface area contributed by atoms with E-state index in [-0.39, 0.29) is 11.8 Å². The maximum absolute atomic E-state index is 11.5. The Morgan fingerprint density at radius 1 is 1.04 bits per heavy atom. The number of hydrogen-bond acceptors (Lipinski definition) is 7. The SMILES string of the molecule is CC(=O)Nc1cnc(Nc2ccc(N)cc2)nc1Oc1c(C)cc(N)cc1C. The van der Waals surface area contributed by atoms with Crippen molar-refractivity contribution in [2.75, 3.05) is 22.1 Å². The second-order valence-electron chi connectivity index (χ2n) is 6.43. The van der Waals surface area contributed by atoms with Gasteiger partial charge in [0.05, 0.1) is 6.20 Å². The molecule has 0 saturated carbocycles. The van der Waals surface area contributed by atoms with Crippen LogP contribution in [0.5, 0.6) is 11.6 Å². The van der Waals surface area contributed by atoms with Crippen LogP contribution in [0, 0.1) is 13.8 Å². The molecule has 0 aliphatic carbocycles. The molecule has 0 fully saturated rings. The van der Waals surface area contributed by atoms with Gasteiger partial charge in [-0.2, -0.15) is 4.98 Å². The molecule has 2 aromatic carbocycles. The quantitative estimate of drug-likeness (QED) is 0.498. The van der Waals surface area contributed by atoms with Crippen molar-refractivity contribution in [2.24, 2.45) is 0 Å². The first-order valence-electron chi connectivity index (χ1n) is 8.63. The zero-order valence-electron chi connectivity index (χ0n) is 15.9. The fraction of sp³-hybridized carbons (Fsp3) is 0.150. The van der Waals surface area contributed by atoms with Gasteiger partial charge in [-0.15, -0.1) is 0 Å². The molecule has 1 aromatic heterocycles. The highest BCUT2D eigenvalue weighted by Crippen LogP contribution is 2.34. The van der Waals surface area contributed by atoms with Gasteiger partial charge in [0, 0.05) is 24.0 Å². The zero-order valence-corrected chi connectivity index (χ0v) is 15.9. The Bertz CT molecular complexity index is 995. The van der Waals surface area contributed by atoms with Gasteiger partial charge < -0.3 is 26.8 Å². The molecule has 8 heteroatoms. The van der Waals surface area contributed by atoms with Crippen LogP contribution in [0.4, 0.5) is 28.7 Å². The van der Waals surface area contributed by atoms with Crippen molar-refractivity contribution in [1.82, 2.24) is 9.97 Å². The van der Waals surface area contributed by atoms with Crippen LogP contribution in [0.1, 0.15) is 18.1 Å². The lowest BCUT2D eigenvalue weighted by Crippen LogP contribution is -2.10. The topological polar surface area (TPSA) is 128 Å². The number of ether oxygens (including phenoxy) is 1. The van der Waals surface area contributed by atoms with Crippen LogP contribution >= 0.6 is 0 Å². The normalized spacial score (nSPS) is 10.4. The van der Waals surface area contributed by atoms with E-state index in [9.17, 15) is 4.79 Å². The van der Waals surface area contributed by atoms with E-state index in [1.54, 1.807) is 12.1 Å². The van der Waals surface area contributed by atoms with Crippen LogP contribution in [0.3, 0.4) is 0 Å². The number of carbonyl (C=O) groups excluding carboxylic acids is 1. The fourth-order valence-electron chi connectivity index (χ4n) is 2.72. The van der Waals surface area contributed by atoms with E-state index >= 15 is 0 Å². The molecule has 0 aliphatic rings. The van der Waals surface area contributed by atoms with E-state index in [2.05, 4.69) is 20.6 Å². The van der Waals surface area contributed by atoms with Crippen LogP contribution in [0.15, 0.2) is 42.6 Å². The number of benzene rings is 2. The average Bonchev–Trinajstić information content (AvgIpc) is 2.61. The molecule has 0 bridgehead atoms. The fourth-order valence-corrected chi connectivity index (χ4v) is 2.72. The standard InChI is InChI=1S/C20H22N6O2/c1-11-8-15(22)9-12(2)18(11)28-19-17(24-13(3)27)10-23-20(26-19)25-16-6-4-14(21)5-7-16/h4-10H,21-22H2,1-3H3,(H,24,27)(H,23,25,26). The summed E-state index contributed by atoms with van der Waals surface area (Å²) >= 11 is 0. The molecule has 0 spiro atoms. The smallest absolute Gasteiger partial charge is 0.248 e. The largest absolute Gasteiger partial charge is 0.436 e. The predicted molar refractivity (Wildman–Crippen MR) is 111 cm³/mol. The molecular formula is C20H22N6O2. The van der Waals surface area contributed by atoms with Crippen molar-refractivity contribution >= 4 is 34.6 Å². The third-order valence-corrected chi connectivity index (χ3v) is 3.91. The van der Waals surface area contributed by atoms with Crippen molar-refractivity contribution in [1.29, 1.82) is 0 Å². The summed E-state index contributed by atoms with van der Waals surface area (Å²) in [5.41, 5.74) is 15.8. The summed E-state index contributed by atoms with van der Waals surface area (Å²) in [7, 11) is 0. The van der Waals surface area contributed by atoms with E-state index in [0.29, 0.717) is 28.8 Å². The van der Waals surface area contributed by atoms with Gasteiger partial charge in [0.2, 0.25) is 17.7 Å². The maximum Gasteiger partial charge on any atom is 0.248 e. The number of rotatable bonds is 5. The lowest BCUT2D eigenvalue weighted by molar-refractivity contribution is -0.114. The summed E-state index contributed by atoms with van der Waals surface area (Å²) in [6.07, 6.45) is 1.49. The summed E-state index contributed by atoms with van der Waals surface area (Å²) in [6.45, 7) is 5.20. The number of hydrogen-bond donors (Lipinski definition) is 4. The van der Waals surface area contributed by atoms with Gasteiger partial charge in [0.15, 0.2) is 0 Å². The first kappa shape index (κ1) is 19.0. The van der Waals surface area contributed by atoms with Crippen LogP contribution in [0.2, 0.25) is 0 Å². The summed E-state index contributed by atoms with van der Waals surface area (Å²) in [5, 5.41) is 5.77. The number of amides is 1. The van der Waals surface area contributed by atoms with E-state index in [1.165, 1.54) is 13.1 Å². The minimum Gasteiger partial charge on any atom is -0.436 e. The molecule has 1 heterocycles. The van der Waals surface area contributed by atoms with Crippen LogP contribution in [-0.2, 0) is 4.79 Å². The molecule has 0 radical (unpaired) electrons. The summed E-state index contributed by atoms with van der Waals surface area (Å²) in [4.78, 5) is 20.2. The Balaban J connectivity index is 1.96. The van der Waals surface area contributed by atoms with Gasteiger partial charge in [0.25, 0.3) is 0 Å². The molecule has 0 unspecified atom stereocenters. The molecule has 144 valence electrons. The minimum atomic E-state index is -0.251. The monoisotopic (exact) mass is 378 g/mol. The number of nitrogens with zero attached hydrogens (tertiary/aromatic N) is 2. The first-order chi connectivity index (χ1) is 13.3. The van der Waals surface area contributed by atoms with Crippen molar-refractivity contribution in [3.05, 3.63) is 53.7 Å². The summed E-state index contributed by atoms with van der Waals surface area (Å²) in [6, 6.07) is 10.8. The Labute approximate surface area is 162 Å². The maximum atomic E-state index is 11.5. The highest BCUT2D eigenvalue weighted by Gasteiger charge is 2.14. The molecule has 1 amide bonds. The molecule has 0 saturated heterocycles. The molecule has 3 aromatic rings. The van der Waals surface area contributed by atoms with Crippen molar-refractivity contribution in [3.63, 3.8) is 0 Å². The zero-order chi connectivity index (χ0) is 20.3. The van der Waals surface area contributed by atoms with Gasteiger partial charge in [-0.05, 0) is 61.4 Å². The second-order valence-corrected chi connectivity index (χ2v) is 6.43. The van der Waals surface area contributed by atoms with Crippen molar-refractivity contribution in [2.45, 2.75) is 20.8 Å². The average molecular weight is 378 g/mol. The Morgan fingerprint density at radius 3 is 2.29 bits per heavy atom. The number of nitrogen functional groups attached to an aromatic ring is 2. The van der Waals surface area contributed by atoms with Gasteiger partial charge in [-0.1, -0.05) is 0 Å². The van der Waals surface area contributed by atoms with E-state index < -0.39 is 0 Å². The van der Waals surface area contributed by atoms with Gasteiger partial charge in [0.1, 0.15) is 11.4 Å². The highest BCUT2D eigenvalue weighted by molar-refractivity contribution is 5.90. The van der Waals surface area contributed by atoms with Crippen LogP contribution in [0.25, 0.3) is 0 Å². The van der Waals surface area contributed by atoms with Crippen molar-refractivity contribution < 1.29 is 9.53 Å². The molecular weight excluding hydrogens is 356 g/mol. The van der Waals surface area contributed by atoms with Crippen LogP contribution in [-0.4, -0.2) is 15.9 Å². The molecule has 0 aliphatic heterocycles. The summed E-state index contributed by atoms with van der Waals surface area (Å²) in [5.74, 6) is 0.912. The molecule has 0 atom stereocenters. The molecule has 3 rings (SSSR count). The number of aryl methyl sites for hydroxylation is 2. The predicted octanol–water partition coefficient (Wildman–Crippen LogP) is 3.75. The van der Waals surface area contributed by atoms with Gasteiger partial charge >= 0.3 is 0 Å². The Morgan fingerprint density at radius 2 is 1.68 bits per heavy atom. The summed E-state index contributed by atoms with van der Waals surface area (Å²) < 4.78 is 6.04. The Hall–Kier alpha value is -3.81. The van der Waals surface area contributed by atoms with E-state index in [4.69, 9.17) is 16.2 Å². The number of nitrogens with two attached hydrogens (primary N) is 2. The molecule has 8 nitrogen and oxygen atoms in total. The van der Waals surface area contributed by atoms with Crippen LogP contribution < -0.4 is 26.8 Å². The first-order valence-corrected chi connectivity index (χ1v) is 8.63. The van der Waals surface area contributed by atoms with Gasteiger partial charge in [-0.25, -0.2) is 4.98 Å². The second kappa shape index (κ2) is 7.83. The third kappa shape index (κ3) is 4.47. The lowest BCUT2D eigenvalue weighted by Gasteiger charge is -2.15. The number of anilines is 5. The number of aromatic nitrogens is 2. The third-order valence-electron chi connectivity index (χ3n) is 3.91. The Kier molecular flexibility index (Phi) is 5.30. The highest BCUT2D eigenvalue weighted by atomic mass is 16.5. The minimum absolute atomic E-state index is 0.221. The number of carbonyl (C=O) groups is 1.